The number of hydrogen-bond acceptors (Lipinski definition) is 1. The van der Waals surface area contributed by atoms with Crippen LogP contribution in [-0.2, 0) is 13.0 Å². The van der Waals surface area contributed by atoms with Gasteiger partial charge in [0.1, 0.15) is 0 Å². The zero-order valence-electron chi connectivity index (χ0n) is 10.3. The molecule has 0 fully saturated rings. The van der Waals surface area contributed by atoms with Gasteiger partial charge in [0.05, 0.1) is 4.05 Å². The molecule has 1 heterocycles. The molecule has 1 aliphatic rings. The van der Waals surface area contributed by atoms with Crippen molar-refractivity contribution in [2.75, 3.05) is 6.54 Å². The average molecular weight is 329 g/mol. The summed E-state index contributed by atoms with van der Waals surface area (Å²) in [5.41, 5.74) is 4.58. The van der Waals surface area contributed by atoms with Crippen molar-refractivity contribution in [2.45, 2.75) is 43.7 Å². The van der Waals surface area contributed by atoms with Gasteiger partial charge in [-0.2, -0.15) is 0 Å². The van der Waals surface area contributed by atoms with Crippen LogP contribution in [0.5, 0.6) is 0 Å². The maximum atomic E-state index is 2.54. The fourth-order valence-corrected chi connectivity index (χ4v) is 2.73. The van der Waals surface area contributed by atoms with Gasteiger partial charge >= 0.3 is 0 Å². The molecule has 0 radical (unpaired) electrons. The molecular formula is C14H20IN. The lowest BCUT2D eigenvalue weighted by molar-refractivity contribution is 0.256. The van der Waals surface area contributed by atoms with Crippen molar-refractivity contribution in [1.29, 1.82) is 0 Å². The summed E-state index contributed by atoms with van der Waals surface area (Å²) in [7, 11) is 0. The molecule has 1 nitrogen and oxygen atoms in total. The number of nitrogens with zero attached hydrogens (tertiary/aromatic N) is 1. The summed E-state index contributed by atoms with van der Waals surface area (Å²) in [6.07, 6.45) is 1.21. The maximum Gasteiger partial charge on any atom is 0.0593 e. The first-order valence-electron chi connectivity index (χ1n) is 6.07. The van der Waals surface area contributed by atoms with Crippen LogP contribution < -0.4 is 0 Å². The minimum absolute atomic E-state index is 0.635. The predicted octanol–water partition coefficient (Wildman–Crippen LogP) is 3.95. The van der Waals surface area contributed by atoms with Crippen LogP contribution in [0, 0.1) is 0 Å². The Balaban J connectivity index is 2.22. The Kier molecular flexibility index (Phi) is 3.90. The van der Waals surface area contributed by atoms with Gasteiger partial charge in [-0.3, -0.25) is 4.90 Å². The lowest BCUT2D eigenvalue weighted by Gasteiger charge is -2.31. The lowest BCUT2D eigenvalue weighted by atomic mass is 9.93. The molecule has 2 heteroatoms. The number of rotatable bonds is 2. The molecule has 88 valence electrons. The highest BCUT2D eigenvalue weighted by Crippen LogP contribution is 2.25. The number of fused-ring (bicyclic) bond motifs is 1. The van der Waals surface area contributed by atoms with Crippen molar-refractivity contribution >= 4 is 22.6 Å². The average Bonchev–Trinajstić information content (AvgIpc) is 2.27. The molecule has 0 saturated carbocycles. The Labute approximate surface area is 112 Å². The van der Waals surface area contributed by atoms with E-state index in [1.165, 1.54) is 24.1 Å². The first-order valence-corrected chi connectivity index (χ1v) is 7.32. The van der Waals surface area contributed by atoms with Crippen LogP contribution >= 0.6 is 22.6 Å². The van der Waals surface area contributed by atoms with Crippen molar-refractivity contribution in [2.24, 2.45) is 0 Å². The first kappa shape index (κ1) is 12.4. The van der Waals surface area contributed by atoms with Gasteiger partial charge in [-0.1, -0.05) is 54.6 Å². The van der Waals surface area contributed by atoms with Crippen molar-refractivity contribution in [1.82, 2.24) is 4.90 Å². The molecule has 0 saturated heterocycles. The zero-order chi connectivity index (χ0) is 11.7. The molecule has 0 aliphatic carbocycles. The molecule has 0 aromatic heterocycles. The number of benzene rings is 1. The van der Waals surface area contributed by atoms with Gasteiger partial charge in [0.15, 0.2) is 0 Å². The second-order valence-corrected chi connectivity index (χ2v) is 6.78. The Hall–Kier alpha value is -0.0900. The summed E-state index contributed by atoms with van der Waals surface area (Å²) in [5.74, 6) is 0.645. The first-order chi connectivity index (χ1) is 7.58. The normalized spacial score (nSPS) is 18.6. The van der Waals surface area contributed by atoms with Gasteiger partial charge in [-0.15, -0.1) is 0 Å². The highest BCUT2D eigenvalue weighted by molar-refractivity contribution is 14.1. The van der Waals surface area contributed by atoms with Crippen LogP contribution in [0.3, 0.4) is 0 Å². The quantitative estimate of drug-likeness (QED) is 0.451. The molecule has 1 aromatic rings. The summed E-state index contributed by atoms with van der Waals surface area (Å²) in [5, 5.41) is 0. The van der Waals surface area contributed by atoms with Crippen molar-refractivity contribution in [3.05, 3.63) is 34.9 Å². The molecule has 0 amide bonds. The molecule has 2 rings (SSSR count). The van der Waals surface area contributed by atoms with Crippen LogP contribution in [0.15, 0.2) is 18.2 Å². The van der Waals surface area contributed by atoms with Gasteiger partial charge in [-0.25, -0.2) is 0 Å². The summed E-state index contributed by atoms with van der Waals surface area (Å²) in [4.78, 5) is 2.54. The molecule has 0 bridgehead atoms. The lowest BCUT2D eigenvalue weighted by Crippen LogP contribution is -2.34. The summed E-state index contributed by atoms with van der Waals surface area (Å²) >= 11 is 2.50. The topological polar surface area (TPSA) is 3.24 Å². The minimum Gasteiger partial charge on any atom is -0.287 e. The molecule has 0 unspecified atom stereocenters. The largest absolute Gasteiger partial charge is 0.287 e. The molecular weight excluding hydrogens is 309 g/mol. The minimum atomic E-state index is 0.635. The summed E-state index contributed by atoms with van der Waals surface area (Å²) < 4.78 is 0.635. The van der Waals surface area contributed by atoms with E-state index < -0.39 is 0 Å². The van der Waals surface area contributed by atoms with E-state index in [2.05, 4.69) is 66.5 Å². The molecule has 16 heavy (non-hydrogen) atoms. The van der Waals surface area contributed by atoms with E-state index in [0.29, 0.717) is 9.97 Å². The van der Waals surface area contributed by atoms with Crippen LogP contribution in [0.1, 0.15) is 43.4 Å². The van der Waals surface area contributed by atoms with E-state index >= 15 is 0 Å². The Morgan fingerprint density at radius 2 is 1.94 bits per heavy atom. The van der Waals surface area contributed by atoms with Crippen molar-refractivity contribution < 1.29 is 0 Å². The van der Waals surface area contributed by atoms with E-state index in [0.717, 1.165) is 6.54 Å². The monoisotopic (exact) mass is 329 g/mol. The predicted molar refractivity (Wildman–Crippen MR) is 78.1 cm³/mol. The van der Waals surface area contributed by atoms with Gasteiger partial charge in [0.25, 0.3) is 0 Å². The van der Waals surface area contributed by atoms with E-state index in [-0.39, 0.29) is 0 Å². The number of hydrogen-bond donors (Lipinski definition) is 0. The third-order valence-electron chi connectivity index (χ3n) is 3.44. The fraction of sp³-hybridized carbons (Fsp3) is 0.571. The van der Waals surface area contributed by atoms with Gasteiger partial charge in [0, 0.05) is 13.1 Å². The summed E-state index contributed by atoms with van der Waals surface area (Å²) in [6.45, 7) is 9.14. The molecule has 0 spiro atoms. The van der Waals surface area contributed by atoms with Crippen molar-refractivity contribution in [3.8, 4) is 0 Å². The smallest absolute Gasteiger partial charge is 0.0593 e. The van der Waals surface area contributed by atoms with Crippen molar-refractivity contribution in [3.63, 3.8) is 0 Å². The van der Waals surface area contributed by atoms with Gasteiger partial charge < -0.3 is 0 Å². The second kappa shape index (κ2) is 5.05. The van der Waals surface area contributed by atoms with Gasteiger partial charge in [0.2, 0.25) is 0 Å². The zero-order valence-corrected chi connectivity index (χ0v) is 12.5. The summed E-state index contributed by atoms with van der Waals surface area (Å²) in [6, 6.07) is 7.04. The highest BCUT2D eigenvalue weighted by Gasteiger charge is 2.19. The van der Waals surface area contributed by atoms with E-state index in [1.54, 1.807) is 5.56 Å². The SMILES string of the molecule is CC(C)c1ccc2c(c1)CCN([C@@H](C)I)C2. The number of alkyl halides is 1. The highest BCUT2D eigenvalue weighted by atomic mass is 127. The maximum absolute atomic E-state index is 2.54. The third-order valence-corrected chi connectivity index (χ3v) is 4.23. The van der Waals surface area contributed by atoms with Gasteiger partial charge in [-0.05, 0) is 36.0 Å². The Morgan fingerprint density at radius 3 is 2.56 bits per heavy atom. The fourth-order valence-electron chi connectivity index (χ4n) is 2.26. The molecule has 1 atom stereocenters. The van der Waals surface area contributed by atoms with Crippen LogP contribution in [0.4, 0.5) is 0 Å². The van der Waals surface area contributed by atoms with E-state index in [1.807, 2.05) is 0 Å². The molecule has 0 N–H and O–H groups in total. The standard InChI is InChI=1S/C14H20IN/c1-10(2)12-4-5-14-9-16(11(3)15)7-6-13(14)8-12/h4-5,8,10-11H,6-7,9H2,1-3H3/t11-/m0/s1. The van der Waals surface area contributed by atoms with E-state index in [4.69, 9.17) is 0 Å². The van der Waals surface area contributed by atoms with E-state index in [9.17, 15) is 0 Å². The number of halogens is 1. The Bertz CT molecular complexity index is 371. The molecule has 1 aliphatic heterocycles. The third kappa shape index (κ3) is 2.59. The van der Waals surface area contributed by atoms with Crippen LogP contribution in [0.2, 0.25) is 0 Å². The van der Waals surface area contributed by atoms with Crippen LogP contribution in [0.25, 0.3) is 0 Å². The van der Waals surface area contributed by atoms with Crippen LogP contribution in [-0.4, -0.2) is 15.5 Å². The molecule has 1 aromatic carbocycles. The Morgan fingerprint density at radius 1 is 1.19 bits per heavy atom. The second-order valence-electron chi connectivity index (χ2n) is 4.98.